The molecule has 0 radical (unpaired) electrons. The third-order valence-electron chi connectivity index (χ3n) is 2.48. The lowest BCUT2D eigenvalue weighted by Crippen LogP contribution is -2.05. The molecular weight excluding hydrogens is 316 g/mol. The van der Waals surface area contributed by atoms with E-state index in [0.717, 1.165) is 15.7 Å². The second-order valence-corrected chi connectivity index (χ2v) is 5.17. The predicted octanol–water partition coefficient (Wildman–Crippen LogP) is 3.84. The van der Waals surface area contributed by atoms with Gasteiger partial charge in [-0.05, 0) is 48.0 Å². The van der Waals surface area contributed by atoms with Crippen molar-refractivity contribution in [3.63, 3.8) is 0 Å². The van der Waals surface area contributed by atoms with Gasteiger partial charge in [0, 0.05) is 15.1 Å². The minimum atomic E-state index is 0.475. The average molecular weight is 328 g/mol. The number of hydrogen-bond donors (Lipinski definition) is 2. The number of nitrogens with zero attached hydrogens (tertiary/aromatic N) is 2. The SMILES string of the molecule is Cc1nc(N)c(C)c(Nc2cc(Cl)ccc2Br)n1. The van der Waals surface area contributed by atoms with Gasteiger partial charge >= 0.3 is 0 Å². The lowest BCUT2D eigenvalue weighted by molar-refractivity contribution is 1.04. The van der Waals surface area contributed by atoms with Gasteiger partial charge in [-0.3, -0.25) is 0 Å². The minimum absolute atomic E-state index is 0.475. The summed E-state index contributed by atoms with van der Waals surface area (Å²) in [6.07, 6.45) is 0. The van der Waals surface area contributed by atoms with Gasteiger partial charge in [0.05, 0.1) is 5.69 Å². The van der Waals surface area contributed by atoms with E-state index < -0.39 is 0 Å². The summed E-state index contributed by atoms with van der Waals surface area (Å²) in [7, 11) is 0. The Hall–Kier alpha value is -1.33. The van der Waals surface area contributed by atoms with Gasteiger partial charge in [-0.15, -0.1) is 0 Å². The zero-order valence-electron chi connectivity index (χ0n) is 9.96. The molecule has 2 rings (SSSR count). The maximum atomic E-state index is 5.97. The lowest BCUT2D eigenvalue weighted by Gasteiger charge is -2.12. The Morgan fingerprint density at radius 2 is 2.00 bits per heavy atom. The summed E-state index contributed by atoms with van der Waals surface area (Å²) < 4.78 is 0.904. The van der Waals surface area contributed by atoms with Crippen molar-refractivity contribution in [2.45, 2.75) is 13.8 Å². The van der Waals surface area contributed by atoms with Crippen LogP contribution in [0, 0.1) is 13.8 Å². The van der Waals surface area contributed by atoms with E-state index in [1.807, 2.05) is 25.1 Å². The summed E-state index contributed by atoms with van der Waals surface area (Å²) in [5.74, 6) is 1.78. The highest BCUT2D eigenvalue weighted by Crippen LogP contribution is 2.30. The molecule has 0 amide bonds. The van der Waals surface area contributed by atoms with Crippen LogP contribution in [0.15, 0.2) is 22.7 Å². The van der Waals surface area contributed by atoms with E-state index >= 15 is 0 Å². The molecule has 0 aliphatic carbocycles. The Morgan fingerprint density at radius 3 is 2.72 bits per heavy atom. The molecule has 0 aliphatic heterocycles. The largest absolute Gasteiger partial charge is 0.383 e. The summed E-state index contributed by atoms with van der Waals surface area (Å²) in [6.45, 7) is 3.67. The highest BCUT2D eigenvalue weighted by Gasteiger charge is 2.09. The molecule has 3 N–H and O–H groups in total. The van der Waals surface area contributed by atoms with E-state index in [1.165, 1.54) is 0 Å². The van der Waals surface area contributed by atoms with Gasteiger partial charge in [0.15, 0.2) is 0 Å². The van der Waals surface area contributed by atoms with Gasteiger partial charge < -0.3 is 11.1 Å². The molecular formula is C12H12BrClN4. The van der Waals surface area contributed by atoms with Crippen molar-refractivity contribution < 1.29 is 0 Å². The molecule has 2 aromatic rings. The first-order valence-corrected chi connectivity index (χ1v) is 6.47. The van der Waals surface area contributed by atoms with Crippen molar-refractivity contribution in [2.24, 2.45) is 0 Å². The van der Waals surface area contributed by atoms with Gasteiger partial charge in [-0.1, -0.05) is 11.6 Å². The Balaban J connectivity index is 2.43. The van der Waals surface area contributed by atoms with Crippen LogP contribution in [0.2, 0.25) is 5.02 Å². The summed E-state index contributed by atoms with van der Waals surface area (Å²) in [5, 5.41) is 3.85. The topological polar surface area (TPSA) is 63.8 Å². The van der Waals surface area contributed by atoms with Gasteiger partial charge in [0.2, 0.25) is 0 Å². The van der Waals surface area contributed by atoms with Gasteiger partial charge in [0.1, 0.15) is 17.5 Å². The fourth-order valence-corrected chi connectivity index (χ4v) is 2.01. The van der Waals surface area contributed by atoms with Crippen LogP contribution in [0.1, 0.15) is 11.4 Å². The summed E-state index contributed by atoms with van der Waals surface area (Å²) >= 11 is 9.42. The van der Waals surface area contributed by atoms with Crippen molar-refractivity contribution in [1.29, 1.82) is 0 Å². The van der Waals surface area contributed by atoms with Crippen molar-refractivity contribution in [3.8, 4) is 0 Å². The number of benzene rings is 1. The Morgan fingerprint density at radius 1 is 1.28 bits per heavy atom. The first-order chi connectivity index (χ1) is 8.47. The number of aromatic nitrogens is 2. The van der Waals surface area contributed by atoms with Crippen LogP contribution in [0.3, 0.4) is 0 Å². The molecule has 0 unspecified atom stereocenters. The van der Waals surface area contributed by atoms with E-state index in [4.69, 9.17) is 17.3 Å². The van der Waals surface area contributed by atoms with Crippen LogP contribution in [-0.4, -0.2) is 9.97 Å². The molecule has 94 valence electrons. The normalized spacial score (nSPS) is 10.4. The molecule has 1 heterocycles. The molecule has 0 saturated heterocycles. The fourth-order valence-electron chi connectivity index (χ4n) is 1.49. The number of hydrogen-bond acceptors (Lipinski definition) is 4. The molecule has 4 nitrogen and oxygen atoms in total. The second kappa shape index (κ2) is 5.12. The predicted molar refractivity (Wildman–Crippen MR) is 78.4 cm³/mol. The monoisotopic (exact) mass is 326 g/mol. The maximum absolute atomic E-state index is 5.97. The summed E-state index contributed by atoms with van der Waals surface area (Å²) in [6, 6.07) is 5.50. The molecule has 1 aromatic heterocycles. The number of anilines is 3. The first-order valence-electron chi connectivity index (χ1n) is 5.30. The molecule has 0 aliphatic rings. The minimum Gasteiger partial charge on any atom is -0.383 e. The third kappa shape index (κ3) is 2.73. The smallest absolute Gasteiger partial charge is 0.139 e. The lowest BCUT2D eigenvalue weighted by atomic mass is 10.2. The third-order valence-corrected chi connectivity index (χ3v) is 3.40. The van der Waals surface area contributed by atoms with Gasteiger partial charge in [0.25, 0.3) is 0 Å². The quantitative estimate of drug-likeness (QED) is 0.879. The molecule has 0 spiro atoms. The maximum Gasteiger partial charge on any atom is 0.139 e. The second-order valence-electron chi connectivity index (χ2n) is 3.88. The van der Waals surface area contributed by atoms with Crippen molar-refractivity contribution >= 4 is 44.9 Å². The Kier molecular flexibility index (Phi) is 3.73. The summed E-state index contributed by atoms with van der Waals surface area (Å²) in [4.78, 5) is 8.44. The molecule has 0 bridgehead atoms. The van der Waals surface area contributed by atoms with E-state index in [1.54, 1.807) is 6.92 Å². The summed E-state index contributed by atoms with van der Waals surface area (Å²) in [5.41, 5.74) is 7.46. The fraction of sp³-hybridized carbons (Fsp3) is 0.167. The molecule has 18 heavy (non-hydrogen) atoms. The number of nitrogens with two attached hydrogens (primary N) is 1. The number of halogens is 2. The number of rotatable bonds is 2. The molecule has 0 atom stereocenters. The van der Waals surface area contributed by atoms with Crippen LogP contribution in [0.5, 0.6) is 0 Å². The standard InChI is InChI=1S/C12H12BrClN4/c1-6-11(15)16-7(2)17-12(6)18-10-5-8(14)3-4-9(10)13/h3-5H,1-2H3,(H3,15,16,17,18). The van der Waals surface area contributed by atoms with Crippen LogP contribution in [0.25, 0.3) is 0 Å². The van der Waals surface area contributed by atoms with Gasteiger partial charge in [-0.2, -0.15) is 0 Å². The molecule has 0 fully saturated rings. The number of aryl methyl sites for hydroxylation is 1. The van der Waals surface area contributed by atoms with Crippen LogP contribution in [0.4, 0.5) is 17.3 Å². The molecule has 0 saturated carbocycles. The van der Waals surface area contributed by atoms with E-state index in [9.17, 15) is 0 Å². The van der Waals surface area contributed by atoms with Crippen LogP contribution >= 0.6 is 27.5 Å². The zero-order chi connectivity index (χ0) is 13.3. The molecule has 1 aromatic carbocycles. The van der Waals surface area contributed by atoms with Crippen LogP contribution in [-0.2, 0) is 0 Å². The first kappa shape index (κ1) is 13.1. The zero-order valence-corrected chi connectivity index (χ0v) is 12.3. The van der Waals surface area contributed by atoms with Crippen LogP contribution < -0.4 is 11.1 Å². The van der Waals surface area contributed by atoms with E-state index in [-0.39, 0.29) is 0 Å². The van der Waals surface area contributed by atoms with Crippen molar-refractivity contribution in [2.75, 3.05) is 11.1 Å². The number of nitrogens with one attached hydrogen (secondary N) is 1. The highest BCUT2D eigenvalue weighted by atomic mass is 79.9. The average Bonchev–Trinajstić information content (AvgIpc) is 2.30. The van der Waals surface area contributed by atoms with E-state index in [0.29, 0.717) is 22.5 Å². The van der Waals surface area contributed by atoms with E-state index in [2.05, 4.69) is 31.2 Å². The number of nitrogen functional groups attached to an aromatic ring is 1. The van der Waals surface area contributed by atoms with Gasteiger partial charge in [-0.25, -0.2) is 9.97 Å². The van der Waals surface area contributed by atoms with Crippen molar-refractivity contribution in [1.82, 2.24) is 9.97 Å². The van der Waals surface area contributed by atoms with Crippen molar-refractivity contribution in [3.05, 3.63) is 39.1 Å². The molecule has 6 heteroatoms. The highest BCUT2D eigenvalue weighted by molar-refractivity contribution is 9.10. The Bertz CT molecular complexity index is 601. The Labute approximate surface area is 119 Å².